The van der Waals surface area contributed by atoms with Crippen molar-refractivity contribution >= 4 is 23.2 Å². The van der Waals surface area contributed by atoms with Gasteiger partial charge in [0.25, 0.3) is 5.91 Å². The maximum absolute atomic E-state index is 11.8. The number of furan rings is 1. The van der Waals surface area contributed by atoms with Gasteiger partial charge in [0.05, 0.1) is 19.4 Å². The molecule has 0 spiro atoms. The van der Waals surface area contributed by atoms with Gasteiger partial charge < -0.3 is 25.1 Å². The Morgan fingerprint density at radius 1 is 0.821 bits per heavy atom. The molecule has 7 heteroatoms. The summed E-state index contributed by atoms with van der Waals surface area (Å²) in [5.74, 6) is 0.532. The standard InChI is InChI=1S/C21H21N3O4/c25-20(22-13-19-7-4-12-27-19)14-23-21(26)15-28-18-10-8-17(9-11-18)24-16-5-2-1-3-6-16/h1-12,24H,13-15H2,(H,22,25)(H,23,26). The molecule has 0 aliphatic carbocycles. The molecule has 3 N–H and O–H groups in total. The molecule has 2 amide bonds. The van der Waals surface area contributed by atoms with Gasteiger partial charge in [-0.2, -0.15) is 0 Å². The van der Waals surface area contributed by atoms with Gasteiger partial charge in [0.1, 0.15) is 11.5 Å². The second-order valence-corrected chi connectivity index (χ2v) is 5.94. The molecule has 7 nitrogen and oxygen atoms in total. The summed E-state index contributed by atoms with van der Waals surface area (Å²) in [6.45, 7) is -0.0126. The van der Waals surface area contributed by atoms with Crippen molar-refractivity contribution in [3.8, 4) is 5.75 Å². The molecule has 0 radical (unpaired) electrons. The zero-order valence-electron chi connectivity index (χ0n) is 15.2. The topological polar surface area (TPSA) is 92.6 Å². The Bertz CT molecular complexity index is 878. The smallest absolute Gasteiger partial charge is 0.258 e. The molecule has 0 saturated heterocycles. The minimum Gasteiger partial charge on any atom is -0.484 e. The number of benzene rings is 2. The number of amides is 2. The molecule has 0 bridgehead atoms. The van der Waals surface area contributed by atoms with E-state index in [2.05, 4.69) is 16.0 Å². The molecule has 28 heavy (non-hydrogen) atoms. The summed E-state index contributed by atoms with van der Waals surface area (Å²) in [5, 5.41) is 8.42. The van der Waals surface area contributed by atoms with E-state index in [9.17, 15) is 9.59 Å². The molecule has 1 heterocycles. The van der Waals surface area contributed by atoms with Gasteiger partial charge in [0, 0.05) is 11.4 Å². The summed E-state index contributed by atoms with van der Waals surface area (Å²) in [4.78, 5) is 23.5. The van der Waals surface area contributed by atoms with E-state index < -0.39 is 0 Å². The van der Waals surface area contributed by atoms with Crippen molar-refractivity contribution in [2.75, 3.05) is 18.5 Å². The maximum Gasteiger partial charge on any atom is 0.258 e. The SMILES string of the molecule is O=C(CNC(=O)COc1ccc(Nc2ccccc2)cc1)NCc1ccco1. The van der Waals surface area contributed by atoms with Crippen molar-refractivity contribution in [3.05, 3.63) is 78.8 Å². The second kappa shape index (κ2) is 9.82. The first-order valence-corrected chi connectivity index (χ1v) is 8.80. The number of rotatable bonds is 9. The first-order valence-electron chi connectivity index (χ1n) is 8.80. The molecular formula is C21H21N3O4. The first kappa shape index (κ1) is 19.0. The van der Waals surface area contributed by atoms with Gasteiger partial charge in [-0.05, 0) is 48.5 Å². The van der Waals surface area contributed by atoms with Crippen molar-refractivity contribution in [2.45, 2.75) is 6.54 Å². The molecule has 0 saturated carbocycles. The van der Waals surface area contributed by atoms with Crippen LogP contribution in [0, 0.1) is 0 Å². The second-order valence-electron chi connectivity index (χ2n) is 5.94. The lowest BCUT2D eigenvalue weighted by Gasteiger charge is -2.09. The Hall–Kier alpha value is -3.74. The summed E-state index contributed by atoms with van der Waals surface area (Å²) in [7, 11) is 0. The third-order valence-electron chi connectivity index (χ3n) is 3.77. The molecule has 0 aliphatic rings. The summed E-state index contributed by atoms with van der Waals surface area (Å²) < 4.78 is 10.5. The van der Waals surface area contributed by atoms with E-state index in [1.54, 1.807) is 24.3 Å². The number of para-hydroxylation sites is 1. The van der Waals surface area contributed by atoms with Gasteiger partial charge in [-0.3, -0.25) is 9.59 Å². The normalized spacial score (nSPS) is 10.1. The Labute approximate surface area is 162 Å². The average Bonchev–Trinajstić information content (AvgIpc) is 3.25. The lowest BCUT2D eigenvalue weighted by molar-refractivity contribution is -0.127. The van der Waals surface area contributed by atoms with Crippen molar-refractivity contribution < 1.29 is 18.7 Å². The van der Waals surface area contributed by atoms with Gasteiger partial charge in [-0.1, -0.05) is 18.2 Å². The van der Waals surface area contributed by atoms with Gasteiger partial charge in [0.2, 0.25) is 5.91 Å². The minimum atomic E-state index is -0.375. The molecular weight excluding hydrogens is 358 g/mol. The van der Waals surface area contributed by atoms with Crippen LogP contribution in [0.1, 0.15) is 5.76 Å². The highest BCUT2D eigenvalue weighted by atomic mass is 16.5. The summed E-state index contributed by atoms with van der Waals surface area (Å²) in [6, 6.07) is 20.6. The van der Waals surface area contributed by atoms with Gasteiger partial charge >= 0.3 is 0 Å². The summed E-state index contributed by atoms with van der Waals surface area (Å²) in [5.41, 5.74) is 1.90. The van der Waals surface area contributed by atoms with Crippen LogP contribution in [-0.2, 0) is 16.1 Å². The van der Waals surface area contributed by atoms with Crippen LogP contribution in [0.4, 0.5) is 11.4 Å². The molecule has 0 fully saturated rings. The number of carbonyl (C=O) groups excluding carboxylic acids is 2. The lowest BCUT2D eigenvalue weighted by Crippen LogP contribution is -2.38. The predicted molar refractivity (Wildman–Crippen MR) is 105 cm³/mol. The molecule has 3 rings (SSSR count). The van der Waals surface area contributed by atoms with Gasteiger partial charge in [-0.25, -0.2) is 0 Å². The summed E-state index contributed by atoms with van der Waals surface area (Å²) in [6.07, 6.45) is 1.53. The van der Waals surface area contributed by atoms with Crippen molar-refractivity contribution in [3.63, 3.8) is 0 Å². The fourth-order valence-corrected chi connectivity index (χ4v) is 2.36. The summed E-state index contributed by atoms with van der Waals surface area (Å²) >= 11 is 0. The van der Waals surface area contributed by atoms with E-state index in [1.165, 1.54) is 6.26 Å². The van der Waals surface area contributed by atoms with E-state index in [4.69, 9.17) is 9.15 Å². The van der Waals surface area contributed by atoms with E-state index in [0.29, 0.717) is 11.5 Å². The number of nitrogens with one attached hydrogen (secondary N) is 3. The Balaban J connectivity index is 1.35. The predicted octanol–water partition coefficient (Wildman–Crippen LogP) is 2.83. The zero-order chi connectivity index (χ0) is 19.6. The maximum atomic E-state index is 11.8. The average molecular weight is 379 g/mol. The molecule has 1 aromatic heterocycles. The molecule has 2 aromatic carbocycles. The van der Waals surface area contributed by atoms with Crippen LogP contribution in [0.2, 0.25) is 0 Å². The van der Waals surface area contributed by atoms with Crippen LogP contribution >= 0.6 is 0 Å². The highest BCUT2D eigenvalue weighted by Gasteiger charge is 2.07. The van der Waals surface area contributed by atoms with Crippen LogP contribution in [0.25, 0.3) is 0 Å². The van der Waals surface area contributed by atoms with Gasteiger partial charge in [0.15, 0.2) is 6.61 Å². The molecule has 0 unspecified atom stereocenters. The lowest BCUT2D eigenvalue weighted by atomic mass is 10.2. The quantitative estimate of drug-likeness (QED) is 0.532. The van der Waals surface area contributed by atoms with E-state index in [0.717, 1.165) is 11.4 Å². The largest absolute Gasteiger partial charge is 0.484 e. The number of hydrogen-bond acceptors (Lipinski definition) is 5. The number of ether oxygens (including phenoxy) is 1. The van der Waals surface area contributed by atoms with Crippen LogP contribution < -0.4 is 20.7 Å². The van der Waals surface area contributed by atoms with E-state index in [1.807, 2.05) is 42.5 Å². The van der Waals surface area contributed by atoms with E-state index >= 15 is 0 Å². The monoisotopic (exact) mass is 379 g/mol. The number of hydrogen-bond donors (Lipinski definition) is 3. The highest BCUT2D eigenvalue weighted by molar-refractivity contribution is 5.85. The first-order chi connectivity index (χ1) is 13.7. The Morgan fingerprint density at radius 2 is 1.57 bits per heavy atom. The zero-order valence-corrected chi connectivity index (χ0v) is 15.2. The minimum absolute atomic E-state index is 0.122. The van der Waals surface area contributed by atoms with Crippen molar-refractivity contribution in [1.82, 2.24) is 10.6 Å². The van der Waals surface area contributed by atoms with Crippen LogP contribution in [0.5, 0.6) is 5.75 Å². The molecule has 0 atom stereocenters. The fraction of sp³-hybridized carbons (Fsp3) is 0.143. The Morgan fingerprint density at radius 3 is 2.29 bits per heavy atom. The van der Waals surface area contributed by atoms with Crippen LogP contribution in [-0.4, -0.2) is 25.0 Å². The third-order valence-corrected chi connectivity index (χ3v) is 3.77. The van der Waals surface area contributed by atoms with Crippen molar-refractivity contribution in [1.29, 1.82) is 0 Å². The highest BCUT2D eigenvalue weighted by Crippen LogP contribution is 2.19. The molecule has 0 aliphatic heterocycles. The molecule has 3 aromatic rings. The number of carbonyl (C=O) groups is 2. The molecule has 144 valence electrons. The Kier molecular flexibility index (Phi) is 6.67. The number of anilines is 2. The van der Waals surface area contributed by atoms with Crippen molar-refractivity contribution in [2.24, 2.45) is 0 Å². The van der Waals surface area contributed by atoms with Crippen LogP contribution in [0.3, 0.4) is 0 Å². The van der Waals surface area contributed by atoms with E-state index in [-0.39, 0.29) is 31.5 Å². The third kappa shape index (κ3) is 6.21. The van der Waals surface area contributed by atoms with Gasteiger partial charge in [-0.15, -0.1) is 0 Å². The fourth-order valence-electron chi connectivity index (χ4n) is 2.36. The van der Waals surface area contributed by atoms with Crippen LogP contribution in [0.15, 0.2) is 77.4 Å².